The number of hydrogen-bond donors (Lipinski definition) is 0. The molecule has 1 fully saturated rings. The Hall–Kier alpha value is -3.42. The lowest BCUT2D eigenvalue weighted by molar-refractivity contribution is -0.255. The normalized spacial score (nSPS) is 14.1. The van der Waals surface area contributed by atoms with Crippen LogP contribution >= 0.6 is 0 Å². The summed E-state index contributed by atoms with van der Waals surface area (Å²) in [4.78, 5) is 28.3. The second kappa shape index (κ2) is 10.2. The van der Waals surface area contributed by atoms with Crippen LogP contribution < -0.4 is 20.3 Å². The van der Waals surface area contributed by atoms with Gasteiger partial charge in [-0.3, -0.25) is 4.79 Å². The Morgan fingerprint density at radius 2 is 1.65 bits per heavy atom. The molecule has 4 rings (SSSR count). The van der Waals surface area contributed by atoms with Crippen molar-refractivity contribution in [3.8, 4) is 0 Å². The lowest BCUT2D eigenvalue weighted by atomic mass is 10.1. The molecule has 0 atom stereocenters. The molecule has 2 aromatic carbocycles. The minimum absolute atomic E-state index is 0.0448. The Kier molecular flexibility index (Phi) is 7.14. The maximum atomic E-state index is 15.2. The van der Waals surface area contributed by atoms with Crippen LogP contribution in [-0.2, 0) is 6.54 Å². The highest BCUT2D eigenvalue weighted by atomic mass is 19.1. The van der Waals surface area contributed by atoms with E-state index in [1.54, 1.807) is 22.8 Å². The van der Waals surface area contributed by atoms with Gasteiger partial charge in [-0.25, -0.2) is 8.78 Å². The van der Waals surface area contributed by atoms with Crippen LogP contribution in [0.3, 0.4) is 0 Å². The van der Waals surface area contributed by atoms with Gasteiger partial charge in [-0.1, -0.05) is 26.2 Å². The molecular formula is C26H28F2N3O3-. The van der Waals surface area contributed by atoms with E-state index in [1.807, 2.05) is 4.90 Å². The molecule has 6 nitrogen and oxygen atoms in total. The number of unbranched alkanes of at least 4 members (excludes halogenated alkanes) is 3. The molecule has 1 aliphatic rings. The molecule has 0 bridgehead atoms. The van der Waals surface area contributed by atoms with Crippen molar-refractivity contribution in [1.82, 2.24) is 4.57 Å². The average molecular weight is 469 g/mol. The first-order valence-electron chi connectivity index (χ1n) is 11.7. The molecule has 0 N–H and O–H groups in total. The number of halogens is 2. The second-order valence-electron chi connectivity index (χ2n) is 8.68. The van der Waals surface area contributed by atoms with Crippen molar-refractivity contribution in [2.75, 3.05) is 36.0 Å². The molecule has 2 heterocycles. The van der Waals surface area contributed by atoms with Gasteiger partial charge in [-0.2, -0.15) is 0 Å². The standard InChI is InChI=1S/C26H29F2N3O3/c1-2-3-4-5-10-31-17-21(26(33)34)25(32)20-15-22(28)24(16-23(20)31)30-13-11-29(12-14-30)19-8-6-18(27)7-9-19/h6-9,15-17H,2-5,10-14H2,1H3,(H,33,34)/p-1. The number of benzene rings is 2. The first kappa shape index (κ1) is 23.7. The molecule has 0 radical (unpaired) electrons. The third-order valence-electron chi connectivity index (χ3n) is 6.43. The van der Waals surface area contributed by atoms with Crippen molar-refractivity contribution >= 4 is 28.2 Å². The van der Waals surface area contributed by atoms with E-state index in [9.17, 15) is 19.1 Å². The highest BCUT2D eigenvalue weighted by Crippen LogP contribution is 2.27. The third kappa shape index (κ3) is 4.90. The summed E-state index contributed by atoms with van der Waals surface area (Å²) in [6.07, 6.45) is 5.24. The minimum Gasteiger partial charge on any atom is -0.545 e. The molecule has 1 aliphatic heterocycles. The van der Waals surface area contributed by atoms with E-state index < -0.39 is 22.8 Å². The zero-order chi connectivity index (χ0) is 24.2. The summed E-state index contributed by atoms with van der Waals surface area (Å²) in [7, 11) is 0. The molecular weight excluding hydrogens is 440 g/mol. The molecule has 1 aromatic heterocycles. The van der Waals surface area contributed by atoms with Gasteiger partial charge in [-0.05, 0) is 42.8 Å². The van der Waals surface area contributed by atoms with Crippen LogP contribution in [0.2, 0.25) is 0 Å². The third-order valence-corrected chi connectivity index (χ3v) is 6.43. The smallest absolute Gasteiger partial charge is 0.198 e. The van der Waals surface area contributed by atoms with Gasteiger partial charge in [0.15, 0.2) is 5.43 Å². The number of nitrogens with zero attached hydrogens (tertiary/aromatic N) is 3. The number of carbonyl (C=O) groups is 1. The van der Waals surface area contributed by atoms with Crippen LogP contribution in [0.15, 0.2) is 47.4 Å². The number of carboxylic acid groups (broad SMARTS) is 1. The largest absolute Gasteiger partial charge is 0.545 e. The van der Waals surface area contributed by atoms with Crippen molar-refractivity contribution < 1.29 is 18.7 Å². The number of pyridine rings is 1. The number of aromatic carboxylic acids is 1. The fraction of sp³-hybridized carbons (Fsp3) is 0.385. The van der Waals surface area contributed by atoms with Gasteiger partial charge < -0.3 is 24.3 Å². The summed E-state index contributed by atoms with van der Waals surface area (Å²) in [6.45, 7) is 5.01. The van der Waals surface area contributed by atoms with Crippen molar-refractivity contribution in [3.63, 3.8) is 0 Å². The maximum absolute atomic E-state index is 15.2. The number of fused-ring (bicyclic) bond motifs is 1. The number of piperazine rings is 1. The SMILES string of the molecule is CCCCCCn1cc(C(=O)[O-])c(=O)c2cc(F)c(N3CCN(c4ccc(F)cc4)CC3)cc21. The van der Waals surface area contributed by atoms with E-state index in [0.29, 0.717) is 43.9 Å². The molecule has 34 heavy (non-hydrogen) atoms. The zero-order valence-electron chi connectivity index (χ0n) is 19.2. The van der Waals surface area contributed by atoms with E-state index >= 15 is 4.39 Å². The Bertz CT molecular complexity index is 1230. The number of aryl methyl sites for hydroxylation is 1. The summed E-state index contributed by atoms with van der Waals surface area (Å²) >= 11 is 0. The van der Waals surface area contributed by atoms with Gasteiger partial charge in [0.25, 0.3) is 0 Å². The van der Waals surface area contributed by atoms with E-state index in [-0.39, 0.29) is 11.2 Å². The highest BCUT2D eigenvalue weighted by molar-refractivity contribution is 5.92. The molecule has 0 saturated carbocycles. The minimum atomic E-state index is -1.56. The Morgan fingerprint density at radius 3 is 2.29 bits per heavy atom. The van der Waals surface area contributed by atoms with E-state index in [2.05, 4.69) is 11.8 Å². The fourth-order valence-electron chi connectivity index (χ4n) is 4.54. The zero-order valence-corrected chi connectivity index (χ0v) is 19.2. The van der Waals surface area contributed by atoms with Gasteiger partial charge >= 0.3 is 0 Å². The molecule has 0 amide bonds. The second-order valence-corrected chi connectivity index (χ2v) is 8.68. The van der Waals surface area contributed by atoms with Crippen molar-refractivity contribution in [2.45, 2.75) is 39.2 Å². The fourth-order valence-corrected chi connectivity index (χ4v) is 4.54. The summed E-state index contributed by atoms with van der Waals surface area (Å²) in [5.41, 5.74) is 0.628. The van der Waals surface area contributed by atoms with E-state index in [1.165, 1.54) is 18.3 Å². The Morgan fingerprint density at radius 1 is 0.971 bits per heavy atom. The predicted molar refractivity (Wildman–Crippen MR) is 127 cm³/mol. The molecule has 3 aromatic rings. The molecule has 0 aliphatic carbocycles. The molecule has 0 spiro atoms. The Balaban J connectivity index is 1.64. The van der Waals surface area contributed by atoms with Gasteiger partial charge in [0, 0.05) is 50.0 Å². The molecule has 0 unspecified atom stereocenters. The lowest BCUT2D eigenvalue weighted by Crippen LogP contribution is -2.46. The van der Waals surface area contributed by atoms with Gasteiger partial charge in [0.05, 0.1) is 22.7 Å². The molecule has 1 saturated heterocycles. The van der Waals surface area contributed by atoms with Crippen LogP contribution in [0.1, 0.15) is 43.0 Å². The van der Waals surface area contributed by atoms with E-state index in [4.69, 9.17) is 0 Å². The first-order valence-corrected chi connectivity index (χ1v) is 11.7. The highest BCUT2D eigenvalue weighted by Gasteiger charge is 2.22. The number of carboxylic acids is 1. The quantitative estimate of drug-likeness (QED) is 0.473. The lowest BCUT2D eigenvalue weighted by Gasteiger charge is -2.37. The molecule has 8 heteroatoms. The topological polar surface area (TPSA) is 68.6 Å². The van der Waals surface area contributed by atoms with Gasteiger partial charge in [0.1, 0.15) is 11.6 Å². The van der Waals surface area contributed by atoms with Crippen molar-refractivity contribution in [3.05, 3.63) is 70.0 Å². The van der Waals surface area contributed by atoms with Crippen LogP contribution in [-0.4, -0.2) is 36.7 Å². The van der Waals surface area contributed by atoms with Crippen molar-refractivity contribution in [2.24, 2.45) is 0 Å². The van der Waals surface area contributed by atoms with Crippen LogP contribution in [0.5, 0.6) is 0 Å². The molecule has 180 valence electrons. The van der Waals surface area contributed by atoms with Crippen LogP contribution in [0, 0.1) is 11.6 Å². The summed E-state index contributed by atoms with van der Waals surface area (Å²) in [5, 5.41) is 11.6. The first-order chi connectivity index (χ1) is 16.4. The monoisotopic (exact) mass is 468 g/mol. The van der Waals surface area contributed by atoms with Crippen molar-refractivity contribution in [1.29, 1.82) is 0 Å². The Labute approximate surface area is 197 Å². The number of aromatic nitrogens is 1. The van der Waals surface area contributed by atoms with E-state index in [0.717, 1.165) is 37.4 Å². The number of rotatable bonds is 8. The maximum Gasteiger partial charge on any atom is 0.198 e. The van der Waals surface area contributed by atoms with Gasteiger partial charge in [-0.15, -0.1) is 0 Å². The number of hydrogen-bond acceptors (Lipinski definition) is 5. The van der Waals surface area contributed by atoms with Crippen LogP contribution in [0.25, 0.3) is 10.9 Å². The summed E-state index contributed by atoms with van der Waals surface area (Å²) in [6, 6.07) is 9.10. The van der Waals surface area contributed by atoms with Crippen LogP contribution in [0.4, 0.5) is 20.2 Å². The predicted octanol–water partition coefficient (Wildman–Crippen LogP) is 3.55. The van der Waals surface area contributed by atoms with Gasteiger partial charge in [0.2, 0.25) is 0 Å². The summed E-state index contributed by atoms with van der Waals surface area (Å²) < 4.78 is 30.1. The number of anilines is 2. The number of carbonyl (C=O) groups excluding carboxylic acids is 1. The summed E-state index contributed by atoms with van der Waals surface area (Å²) in [5.74, 6) is -2.41. The average Bonchev–Trinajstić information content (AvgIpc) is 2.83.